The molecule has 0 aromatic carbocycles. The van der Waals surface area contributed by atoms with E-state index in [9.17, 15) is 0 Å². The SMILES string of the molecule is ClOB(OCl)OCl.[RbH].[RbH].[RbH].[RbH].[RbH].[RbH].[RbH]. The van der Waals surface area contributed by atoms with Gasteiger partial charge < -0.3 is 0 Å². The number of hydrogen-bond acceptors (Lipinski definition) is 3. The summed E-state index contributed by atoms with van der Waals surface area (Å²) in [4.78, 5) is 0. The molecule has 0 rings (SSSR count). The Morgan fingerprint density at radius 3 is 0.643 bits per heavy atom. The molecule has 0 radical (unpaired) electrons. The van der Waals surface area contributed by atoms with E-state index in [1.165, 1.54) is 0 Å². The summed E-state index contributed by atoms with van der Waals surface area (Å²) in [5.74, 6) is 0. The maximum absolute atomic E-state index is 4.65. The molecule has 0 aromatic rings. The third kappa shape index (κ3) is 40.2. The molecule has 0 fully saturated rings. The predicted molar refractivity (Wildman–Crippen MR) is 76.6 cm³/mol. The summed E-state index contributed by atoms with van der Waals surface area (Å²) >= 11 is 13.9. The molecule has 0 heterocycles. The van der Waals surface area contributed by atoms with Crippen molar-refractivity contribution in [1.82, 2.24) is 0 Å². The first-order valence-electron chi connectivity index (χ1n) is 1.17. The maximum atomic E-state index is 4.65. The Kier molecular flexibility index (Phi) is 164. The van der Waals surface area contributed by atoms with E-state index in [1.54, 1.807) is 0 Å². The van der Waals surface area contributed by atoms with Crippen LogP contribution < -0.4 is 0 Å². The van der Waals surface area contributed by atoms with Gasteiger partial charge in [0, 0.05) is 35.6 Å². The second-order valence-electron chi connectivity index (χ2n) is 0.556. The zero-order valence-corrected chi connectivity index (χ0v) is 5.20. The Morgan fingerprint density at radius 2 is 0.643 bits per heavy atom. The topological polar surface area (TPSA) is 27.7 Å². The summed E-state index contributed by atoms with van der Waals surface area (Å²) in [6.07, 6.45) is 0. The van der Waals surface area contributed by atoms with Crippen LogP contribution >= 0.6 is 35.6 Å². The van der Waals surface area contributed by atoms with Gasteiger partial charge in [-0.2, -0.15) is 0 Å². The fraction of sp³-hybridized carbons (Fsp3) is 0. The Morgan fingerprint density at radius 1 is 0.500 bits per heavy atom. The van der Waals surface area contributed by atoms with Crippen molar-refractivity contribution in [2.75, 3.05) is 0 Å². The molecule has 0 spiro atoms. The molecule has 0 bridgehead atoms. The molecule has 3 nitrogen and oxygen atoms in total. The first-order chi connectivity index (χ1) is 3.35. The Balaban J connectivity index is -0.00000000857. The molecular formula is H7BCl3O3Rb7. The van der Waals surface area contributed by atoms with Gasteiger partial charge in [0.05, 0.1) is 0 Å². The number of rotatable bonds is 3. The Labute approximate surface area is 443 Å². The van der Waals surface area contributed by atoms with E-state index in [1.807, 2.05) is 0 Å². The van der Waals surface area contributed by atoms with Crippen LogP contribution in [0.5, 0.6) is 0 Å². The van der Waals surface area contributed by atoms with Crippen molar-refractivity contribution in [3.05, 3.63) is 0 Å². The van der Waals surface area contributed by atoms with Gasteiger partial charge in [-0.1, -0.05) is 0 Å². The van der Waals surface area contributed by atoms with Gasteiger partial charge in [0.1, 0.15) is 0 Å². The molecule has 0 aromatic heterocycles. The van der Waals surface area contributed by atoms with Crippen LogP contribution in [0.4, 0.5) is 0 Å². The summed E-state index contributed by atoms with van der Waals surface area (Å²) in [5.41, 5.74) is 0. The summed E-state index contributed by atoms with van der Waals surface area (Å²) in [6.45, 7) is 0. The molecule has 14 heteroatoms. The van der Waals surface area contributed by atoms with Gasteiger partial charge in [-0.3, -0.25) is 12.6 Å². The summed E-state index contributed by atoms with van der Waals surface area (Å²) in [6, 6.07) is 0. The van der Waals surface area contributed by atoms with Crippen LogP contribution in [0.15, 0.2) is 0 Å². The van der Waals surface area contributed by atoms with E-state index in [-0.39, 0.29) is 407 Å². The van der Waals surface area contributed by atoms with E-state index in [2.05, 4.69) is 48.2 Å². The monoisotopic (exact) mass is 765 g/mol. The number of halogens is 3. The first kappa shape index (κ1) is 50.8. The normalized spacial score (nSPS) is 4.50. The molecule has 0 atom stereocenters. The van der Waals surface area contributed by atoms with Crippen molar-refractivity contribution in [3.8, 4) is 0 Å². The van der Waals surface area contributed by atoms with Crippen LogP contribution in [0.25, 0.3) is 0 Å². The van der Waals surface area contributed by atoms with Crippen molar-refractivity contribution in [2.24, 2.45) is 0 Å². The summed E-state index contributed by atoms with van der Waals surface area (Å²) < 4.78 is 11.4. The van der Waals surface area contributed by atoms with Gasteiger partial charge in [-0.05, 0) is 0 Å². The molecule has 0 saturated carbocycles. The van der Waals surface area contributed by atoms with E-state index in [0.717, 1.165) is 0 Å². The van der Waals surface area contributed by atoms with Crippen LogP contribution in [-0.2, 0) is 12.6 Å². The second-order valence-corrected chi connectivity index (χ2v) is 1.09. The molecule has 0 unspecified atom stereocenters. The third-order valence-electron chi connectivity index (χ3n) is 0.218. The molecule has 0 amide bonds. The molecule has 0 aliphatic heterocycles. The molecule has 0 aliphatic carbocycles. The molecule has 0 N–H and O–H groups in total. The molecule has 0 saturated heterocycles. The molecular weight excluding hydrogens is 763 g/mol. The average Bonchev–Trinajstić information content (AvgIpc) is 1.72. The minimum atomic E-state index is -1.22. The number of hydrogen-bond donors (Lipinski definition) is 0. The zero-order valence-electron chi connectivity index (χ0n) is 2.94. The Hall–Kier alpha value is 13.5. The fourth-order valence-electron chi connectivity index (χ4n) is 0.0412. The predicted octanol–water partition coefficient (Wildman–Crippen LogP) is -3.06. The van der Waals surface area contributed by atoms with Crippen molar-refractivity contribution in [2.45, 2.75) is 0 Å². The second kappa shape index (κ2) is 45.3. The summed E-state index contributed by atoms with van der Waals surface area (Å²) in [5, 5.41) is 0. The van der Waals surface area contributed by atoms with Crippen LogP contribution in [0.1, 0.15) is 0 Å². The fourth-order valence-corrected chi connectivity index (χ4v) is 0.371. The van der Waals surface area contributed by atoms with Gasteiger partial charge in [-0.15, -0.1) is 0 Å². The van der Waals surface area contributed by atoms with Crippen LogP contribution in [-0.4, -0.2) is 415 Å². The van der Waals surface area contributed by atoms with Crippen molar-refractivity contribution in [3.63, 3.8) is 0 Å². The molecule has 0 aliphatic rings. The molecule has 56 valence electrons. The van der Waals surface area contributed by atoms with Crippen molar-refractivity contribution >= 4 is 450 Å². The summed E-state index contributed by atoms with van der Waals surface area (Å²) in [7, 11) is -1.22. The average molecular weight is 770 g/mol. The third-order valence-corrected chi connectivity index (χ3v) is 0.655. The van der Waals surface area contributed by atoms with Gasteiger partial charge in [0.25, 0.3) is 0 Å². The zero-order chi connectivity index (χ0) is 5.70. The quantitative estimate of drug-likeness (QED) is 0.286. The van der Waals surface area contributed by atoms with Gasteiger partial charge >= 0.3 is 415 Å². The van der Waals surface area contributed by atoms with Crippen LogP contribution in [0, 0.1) is 0 Å². The first-order valence-corrected chi connectivity index (χ1v) is 2.10. The minimum absolute atomic E-state index is 0. The van der Waals surface area contributed by atoms with Gasteiger partial charge in [0.2, 0.25) is 0 Å². The molecule has 14 heavy (non-hydrogen) atoms. The Bertz CT molecular complexity index is 45.7. The standard InChI is InChI=1S/BCl3O3.7Rb.7H/c2-5-1(6-3)7-4;;;;;;;;;;;;;;. The van der Waals surface area contributed by atoms with E-state index < -0.39 is 7.32 Å². The van der Waals surface area contributed by atoms with Crippen molar-refractivity contribution in [1.29, 1.82) is 0 Å². The van der Waals surface area contributed by atoms with Gasteiger partial charge in [0.15, 0.2) is 0 Å². The van der Waals surface area contributed by atoms with E-state index in [0.29, 0.717) is 0 Å². The van der Waals surface area contributed by atoms with Crippen LogP contribution in [0.2, 0.25) is 0 Å². The van der Waals surface area contributed by atoms with E-state index >= 15 is 0 Å². The van der Waals surface area contributed by atoms with Gasteiger partial charge in [-0.25, -0.2) is 0 Å². The van der Waals surface area contributed by atoms with Crippen LogP contribution in [0.3, 0.4) is 0 Å². The van der Waals surface area contributed by atoms with E-state index in [4.69, 9.17) is 0 Å². The van der Waals surface area contributed by atoms with Crippen molar-refractivity contribution < 1.29 is 12.6 Å².